The van der Waals surface area contributed by atoms with Crippen molar-refractivity contribution in [2.45, 2.75) is 72.6 Å². The van der Waals surface area contributed by atoms with Crippen molar-refractivity contribution in [2.75, 3.05) is 13.1 Å². The molecular weight excluding hydrogens is 344 g/mol. The lowest BCUT2D eigenvalue weighted by molar-refractivity contribution is -0.135. The van der Waals surface area contributed by atoms with Crippen molar-refractivity contribution in [3.63, 3.8) is 0 Å². The van der Waals surface area contributed by atoms with E-state index in [0.29, 0.717) is 19.5 Å². The van der Waals surface area contributed by atoms with Crippen molar-refractivity contribution < 1.29 is 34.5 Å². The molecule has 6 N–H and O–H groups in total. The molecule has 0 unspecified atom stereocenters. The quantitative estimate of drug-likeness (QED) is 0.379. The van der Waals surface area contributed by atoms with Crippen molar-refractivity contribution in [3.05, 3.63) is 0 Å². The molecule has 0 aliphatic carbocycles. The van der Waals surface area contributed by atoms with Gasteiger partial charge in [-0.3, -0.25) is 19.2 Å². The number of rotatable bonds is 9. The average Bonchev–Trinajstić information content (AvgIpc) is 2.47. The van der Waals surface area contributed by atoms with Gasteiger partial charge in [-0.25, -0.2) is 0 Å². The van der Waals surface area contributed by atoms with E-state index in [1.165, 1.54) is 32.1 Å². The zero-order valence-corrected chi connectivity index (χ0v) is 16.4. The molecular formula is C17H36N2O7. The minimum atomic E-state index is -0.833. The lowest BCUT2D eigenvalue weighted by Crippen LogP contribution is -2.28. The van der Waals surface area contributed by atoms with E-state index in [2.05, 4.69) is 12.2 Å². The predicted octanol–water partition coefficient (Wildman–Crippen LogP) is 2.08. The number of amides is 1. The van der Waals surface area contributed by atoms with Gasteiger partial charge in [0, 0.05) is 40.3 Å². The van der Waals surface area contributed by atoms with Gasteiger partial charge in [-0.1, -0.05) is 39.0 Å². The zero-order valence-electron chi connectivity index (χ0n) is 16.4. The van der Waals surface area contributed by atoms with Crippen LogP contribution in [-0.2, 0) is 19.2 Å². The fourth-order valence-corrected chi connectivity index (χ4v) is 1.37. The number of carboxylic acid groups (broad SMARTS) is 3. The topological polar surface area (TPSA) is 167 Å². The van der Waals surface area contributed by atoms with Crippen LogP contribution in [0.1, 0.15) is 72.6 Å². The summed E-state index contributed by atoms with van der Waals surface area (Å²) in [5.41, 5.74) is 5.27. The number of unbranched alkanes of at least 4 members (excludes halogenated alkanes) is 5. The SMILES string of the molecule is CC(=O)O.CC(=O)O.CC(=O)O.CCCCCCCCC(=O)NCCN. The highest BCUT2D eigenvalue weighted by atomic mass is 16.4. The summed E-state index contributed by atoms with van der Waals surface area (Å²) in [7, 11) is 0. The van der Waals surface area contributed by atoms with Crippen LogP contribution in [0.3, 0.4) is 0 Å². The lowest BCUT2D eigenvalue weighted by Gasteiger charge is -2.03. The van der Waals surface area contributed by atoms with Crippen LogP contribution in [0.15, 0.2) is 0 Å². The van der Waals surface area contributed by atoms with Crippen LogP contribution in [0.5, 0.6) is 0 Å². The Morgan fingerprint density at radius 3 is 1.46 bits per heavy atom. The third kappa shape index (κ3) is 98.0. The summed E-state index contributed by atoms with van der Waals surface area (Å²) in [6.45, 7) is 6.59. The van der Waals surface area contributed by atoms with Gasteiger partial charge < -0.3 is 26.4 Å². The fourth-order valence-electron chi connectivity index (χ4n) is 1.37. The molecule has 1 amide bonds. The molecule has 0 aliphatic heterocycles. The van der Waals surface area contributed by atoms with E-state index in [0.717, 1.165) is 27.2 Å². The van der Waals surface area contributed by atoms with Crippen molar-refractivity contribution in [2.24, 2.45) is 5.73 Å². The molecule has 0 atom stereocenters. The van der Waals surface area contributed by atoms with Crippen LogP contribution in [0.4, 0.5) is 0 Å². The third-order valence-corrected chi connectivity index (χ3v) is 2.22. The molecule has 0 aromatic rings. The number of hydrogen-bond donors (Lipinski definition) is 5. The van der Waals surface area contributed by atoms with E-state index in [9.17, 15) is 4.79 Å². The Kier molecular flexibility index (Phi) is 33.6. The van der Waals surface area contributed by atoms with E-state index in [-0.39, 0.29) is 5.91 Å². The lowest BCUT2D eigenvalue weighted by atomic mass is 10.1. The number of aliphatic carboxylic acids is 3. The first kappa shape index (κ1) is 31.6. The second kappa shape index (κ2) is 27.7. The van der Waals surface area contributed by atoms with E-state index >= 15 is 0 Å². The van der Waals surface area contributed by atoms with E-state index in [1.807, 2.05) is 0 Å². The minimum Gasteiger partial charge on any atom is -0.481 e. The molecule has 26 heavy (non-hydrogen) atoms. The second-order valence-electron chi connectivity index (χ2n) is 5.21. The van der Waals surface area contributed by atoms with Crippen LogP contribution in [0.25, 0.3) is 0 Å². The smallest absolute Gasteiger partial charge is 0.300 e. The molecule has 9 heteroatoms. The standard InChI is InChI=1S/C11H24N2O.3C2H4O2/c1-2-3-4-5-6-7-8-11(14)13-10-9-12;3*1-2(3)4/h2-10,12H2,1H3,(H,13,14);3*1H3,(H,3,4). The first-order chi connectivity index (χ1) is 12.0. The Morgan fingerprint density at radius 1 is 0.769 bits per heavy atom. The number of carboxylic acids is 3. The highest BCUT2D eigenvalue weighted by molar-refractivity contribution is 5.75. The Bertz CT molecular complexity index is 320. The second-order valence-corrected chi connectivity index (χ2v) is 5.21. The van der Waals surface area contributed by atoms with Gasteiger partial charge in [0.1, 0.15) is 0 Å². The summed E-state index contributed by atoms with van der Waals surface area (Å²) in [4.78, 5) is 38.1. The highest BCUT2D eigenvalue weighted by Gasteiger charge is 1.98. The average molecular weight is 380 g/mol. The summed E-state index contributed by atoms with van der Waals surface area (Å²) in [5, 5.41) is 25.0. The molecule has 0 rings (SSSR count). The molecule has 9 nitrogen and oxygen atoms in total. The molecule has 156 valence electrons. The number of hydrogen-bond acceptors (Lipinski definition) is 5. The maximum absolute atomic E-state index is 11.1. The Balaban J connectivity index is -0.000000164. The first-order valence-electron chi connectivity index (χ1n) is 8.56. The van der Waals surface area contributed by atoms with Gasteiger partial charge in [-0.15, -0.1) is 0 Å². The number of nitrogens with two attached hydrogens (primary N) is 1. The molecule has 0 spiro atoms. The summed E-state index contributed by atoms with van der Waals surface area (Å²) < 4.78 is 0. The molecule has 0 bridgehead atoms. The summed E-state index contributed by atoms with van der Waals surface area (Å²) in [6.07, 6.45) is 8.01. The molecule has 0 heterocycles. The first-order valence-corrected chi connectivity index (χ1v) is 8.56. The number of carbonyl (C=O) groups is 4. The van der Waals surface area contributed by atoms with Crippen molar-refractivity contribution in [3.8, 4) is 0 Å². The monoisotopic (exact) mass is 380 g/mol. The molecule has 0 saturated heterocycles. The highest BCUT2D eigenvalue weighted by Crippen LogP contribution is 2.06. The van der Waals surface area contributed by atoms with Gasteiger partial charge in [-0.05, 0) is 6.42 Å². The Hall–Kier alpha value is -2.16. The molecule has 0 aromatic heterocycles. The molecule has 0 fully saturated rings. The molecule has 0 radical (unpaired) electrons. The van der Waals surface area contributed by atoms with Crippen molar-refractivity contribution in [1.29, 1.82) is 0 Å². The minimum absolute atomic E-state index is 0.144. The Labute approximate surface area is 156 Å². The zero-order chi connectivity index (χ0) is 21.4. The Morgan fingerprint density at radius 2 is 1.12 bits per heavy atom. The van der Waals surface area contributed by atoms with Crippen LogP contribution < -0.4 is 11.1 Å². The maximum Gasteiger partial charge on any atom is 0.300 e. The van der Waals surface area contributed by atoms with Gasteiger partial charge in [-0.2, -0.15) is 0 Å². The van der Waals surface area contributed by atoms with Gasteiger partial charge in [0.25, 0.3) is 17.9 Å². The van der Waals surface area contributed by atoms with Gasteiger partial charge in [0.05, 0.1) is 0 Å². The summed E-state index contributed by atoms with van der Waals surface area (Å²) >= 11 is 0. The van der Waals surface area contributed by atoms with Crippen molar-refractivity contribution >= 4 is 23.8 Å². The predicted molar refractivity (Wildman–Crippen MR) is 100.0 cm³/mol. The maximum atomic E-state index is 11.1. The van der Waals surface area contributed by atoms with E-state index in [4.69, 9.17) is 35.4 Å². The van der Waals surface area contributed by atoms with Crippen LogP contribution in [-0.4, -0.2) is 52.2 Å². The van der Waals surface area contributed by atoms with Crippen LogP contribution in [0.2, 0.25) is 0 Å². The normalized spacial score (nSPS) is 8.35. The molecule has 0 aromatic carbocycles. The van der Waals surface area contributed by atoms with E-state index in [1.54, 1.807) is 0 Å². The third-order valence-electron chi connectivity index (χ3n) is 2.22. The van der Waals surface area contributed by atoms with Gasteiger partial charge in [0.15, 0.2) is 0 Å². The summed E-state index contributed by atoms with van der Waals surface area (Å²) in [5.74, 6) is -2.36. The van der Waals surface area contributed by atoms with E-state index < -0.39 is 17.9 Å². The van der Waals surface area contributed by atoms with Crippen molar-refractivity contribution in [1.82, 2.24) is 5.32 Å². The fraction of sp³-hybridized carbons (Fsp3) is 0.765. The van der Waals surface area contributed by atoms with Crippen LogP contribution >= 0.6 is 0 Å². The van der Waals surface area contributed by atoms with Gasteiger partial charge >= 0.3 is 0 Å². The summed E-state index contributed by atoms with van der Waals surface area (Å²) in [6, 6.07) is 0. The molecule has 0 aliphatic rings. The molecule has 0 saturated carbocycles. The van der Waals surface area contributed by atoms with Gasteiger partial charge in [0.2, 0.25) is 5.91 Å². The number of carbonyl (C=O) groups excluding carboxylic acids is 1. The number of nitrogens with one attached hydrogen (secondary N) is 1. The van der Waals surface area contributed by atoms with Crippen LogP contribution in [0, 0.1) is 0 Å². The largest absolute Gasteiger partial charge is 0.481 e.